The van der Waals surface area contributed by atoms with Crippen molar-refractivity contribution in [2.75, 3.05) is 18.0 Å². The number of rotatable bonds is 1. The van der Waals surface area contributed by atoms with Crippen molar-refractivity contribution in [2.24, 2.45) is 0 Å². The van der Waals surface area contributed by atoms with Crippen molar-refractivity contribution in [3.63, 3.8) is 0 Å². The van der Waals surface area contributed by atoms with Crippen LogP contribution in [-0.2, 0) is 0 Å². The van der Waals surface area contributed by atoms with E-state index in [4.69, 9.17) is 4.42 Å². The largest absolute Gasteiger partial charge is 0.423 e. The lowest BCUT2D eigenvalue weighted by Gasteiger charge is -2.28. The molecule has 0 amide bonds. The summed E-state index contributed by atoms with van der Waals surface area (Å²) in [5, 5.41) is 0.912. The molecule has 3 rings (SSSR count). The summed E-state index contributed by atoms with van der Waals surface area (Å²) >= 11 is 0. The van der Waals surface area contributed by atoms with Gasteiger partial charge >= 0.3 is 5.63 Å². The molecular weight excluding hydrogens is 226 g/mol. The normalized spacial score (nSPS) is 16.2. The Morgan fingerprint density at radius 2 is 1.89 bits per heavy atom. The van der Waals surface area contributed by atoms with E-state index in [2.05, 4.69) is 17.9 Å². The van der Waals surface area contributed by atoms with Gasteiger partial charge in [0.25, 0.3) is 0 Å². The van der Waals surface area contributed by atoms with E-state index in [0.29, 0.717) is 5.58 Å². The zero-order chi connectivity index (χ0) is 12.5. The first-order valence-corrected chi connectivity index (χ1v) is 6.39. The molecule has 0 atom stereocenters. The summed E-state index contributed by atoms with van der Waals surface area (Å²) in [6, 6.07) is 7.46. The van der Waals surface area contributed by atoms with Gasteiger partial charge < -0.3 is 9.32 Å². The molecule has 1 fully saturated rings. The molecule has 1 aromatic heterocycles. The average Bonchev–Trinajstić information content (AvgIpc) is 2.39. The van der Waals surface area contributed by atoms with Crippen LogP contribution in [0.5, 0.6) is 0 Å². The second kappa shape index (κ2) is 4.48. The molecule has 0 unspecified atom stereocenters. The molecule has 1 saturated heterocycles. The van der Waals surface area contributed by atoms with Crippen LogP contribution in [0.2, 0.25) is 0 Å². The Morgan fingerprint density at radius 3 is 2.67 bits per heavy atom. The van der Waals surface area contributed by atoms with Gasteiger partial charge in [0.2, 0.25) is 0 Å². The highest BCUT2D eigenvalue weighted by Gasteiger charge is 2.12. The fourth-order valence-corrected chi connectivity index (χ4v) is 2.57. The summed E-state index contributed by atoms with van der Waals surface area (Å²) in [6.45, 7) is 6.04. The van der Waals surface area contributed by atoms with Gasteiger partial charge in [-0.1, -0.05) is 0 Å². The zero-order valence-electron chi connectivity index (χ0n) is 10.3. The highest BCUT2D eigenvalue weighted by molar-refractivity contribution is 5.84. The molecule has 1 aliphatic rings. The highest BCUT2D eigenvalue weighted by atomic mass is 16.4. The van der Waals surface area contributed by atoms with Crippen LogP contribution in [-0.4, -0.2) is 13.1 Å². The van der Waals surface area contributed by atoms with Gasteiger partial charge in [-0.25, -0.2) is 4.79 Å². The molecule has 18 heavy (non-hydrogen) atoms. The number of benzene rings is 1. The molecule has 93 valence electrons. The zero-order valence-corrected chi connectivity index (χ0v) is 10.3. The second-order valence-corrected chi connectivity index (χ2v) is 4.82. The van der Waals surface area contributed by atoms with Crippen LogP contribution in [0.15, 0.2) is 33.5 Å². The summed E-state index contributed by atoms with van der Waals surface area (Å²) in [4.78, 5) is 13.7. The molecule has 2 heterocycles. The highest BCUT2D eigenvalue weighted by Crippen LogP contribution is 2.25. The third-order valence-corrected chi connectivity index (χ3v) is 3.53. The Labute approximate surface area is 106 Å². The SMILES string of the molecule is [CH2]c1cc(=O)oc2cc(N3CCCCC3)ccc12. The number of fused-ring (bicyclic) bond motifs is 1. The second-order valence-electron chi connectivity index (χ2n) is 4.82. The molecule has 3 nitrogen and oxygen atoms in total. The maximum Gasteiger partial charge on any atom is 0.336 e. The fraction of sp³-hybridized carbons (Fsp3) is 0.333. The number of piperidine rings is 1. The smallest absolute Gasteiger partial charge is 0.336 e. The third kappa shape index (κ3) is 2.01. The first-order chi connectivity index (χ1) is 8.74. The molecule has 0 spiro atoms. The molecule has 0 saturated carbocycles. The molecule has 1 aliphatic heterocycles. The topological polar surface area (TPSA) is 33.5 Å². The third-order valence-electron chi connectivity index (χ3n) is 3.53. The maximum absolute atomic E-state index is 11.4. The van der Waals surface area contributed by atoms with Crippen LogP contribution in [0.1, 0.15) is 24.8 Å². The van der Waals surface area contributed by atoms with Crippen molar-refractivity contribution in [3.8, 4) is 0 Å². The van der Waals surface area contributed by atoms with Gasteiger partial charge in [0.1, 0.15) is 5.58 Å². The standard InChI is InChI=1S/C15H16NO2/c1-11-9-15(17)18-14-10-12(5-6-13(11)14)16-7-3-2-4-8-16/h5-6,9-10H,1-4,7-8H2. The average molecular weight is 242 g/mol. The molecule has 0 bridgehead atoms. The van der Waals surface area contributed by atoms with Gasteiger partial charge in [0.05, 0.1) is 0 Å². The Hall–Kier alpha value is -1.77. The first kappa shape index (κ1) is 11.3. The predicted molar refractivity (Wildman–Crippen MR) is 73.0 cm³/mol. The maximum atomic E-state index is 11.4. The minimum Gasteiger partial charge on any atom is -0.423 e. The Kier molecular flexibility index (Phi) is 2.82. The predicted octanol–water partition coefficient (Wildman–Crippen LogP) is 2.97. The Balaban J connectivity index is 2.07. The summed E-state index contributed by atoms with van der Waals surface area (Å²) in [6.07, 6.45) is 3.77. The van der Waals surface area contributed by atoms with E-state index in [-0.39, 0.29) is 5.63 Å². The molecule has 1 radical (unpaired) electrons. The molecule has 2 aromatic rings. The van der Waals surface area contributed by atoms with Crippen molar-refractivity contribution in [1.82, 2.24) is 0 Å². The van der Waals surface area contributed by atoms with E-state index in [0.717, 1.165) is 29.7 Å². The van der Waals surface area contributed by atoms with E-state index >= 15 is 0 Å². The van der Waals surface area contributed by atoms with Crippen molar-refractivity contribution in [2.45, 2.75) is 19.3 Å². The number of nitrogens with zero attached hydrogens (tertiary/aromatic N) is 1. The lowest BCUT2D eigenvalue weighted by Crippen LogP contribution is -2.29. The molecule has 1 aromatic carbocycles. The van der Waals surface area contributed by atoms with E-state index in [1.807, 2.05) is 12.1 Å². The van der Waals surface area contributed by atoms with Crippen molar-refractivity contribution >= 4 is 16.7 Å². The van der Waals surface area contributed by atoms with E-state index in [1.165, 1.54) is 25.3 Å². The van der Waals surface area contributed by atoms with Gasteiger partial charge in [-0.3, -0.25) is 0 Å². The monoisotopic (exact) mass is 242 g/mol. The van der Waals surface area contributed by atoms with Gasteiger partial charge in [0, 0.05) is 36.3 Å². The van der Waals surface area contributed by atoms with Crippen LogP contribution < -0.4 is 10.5 Å². The van der Waals surface area contributed by atoms with Crippen LogP contribution in [0.3, 0.4) is 0 Å². The van der Waals surface area contributed by atoms with E-state index in [9.17, 15) is 4.79 Å². The van der Waals surface area contributed by atoms with Crippen LogP contribution in [0, 0.1) is 6.92 Å². The van der Waals surface area contributed by atoms with Crippen LogP contribution >= 0.6 is 0 Å². The lowest BCUT2D eigenvalue weighted by atomic mass is 10.1. The van der Waals surface area contributed by atoms with Crippen LogP contribution in [0.4, 0.5) is 5.69 Å². The molecular formula is C15H16NO2. The first-order valence-electron chi connectivity index (χ1n) is 6.39. The van der Waals surface area contributed by atoms with Crippen molar-refractivity contribution in [1.29, 1.82) is 0 Å². The molecule has 3 heteroatoms. The number of hydrogen-bond acceptors (Lipinski definition) is 3. The molecule has 0 N–H and O–H groups in total. The van der Waals surface area contributed by atoms with Gasteiger partial charge in [-0.15, -0.1) is 0 Å². The summed E-state index contributed by atoms with van der Waals surface area (Å²) in [5.41, 5.74) is 2.17. The number of anilines is 1. The Morgan fingerprint density at radius 1 is 1.11 bits per heavy atom. The van der Waals surface area contributed by atoms with Gasteiger partial charge in [0.15, 0.2) is 0 Å². The van der Waals surface area contributed by atoms with Gasteiger partial charge in [-0.2, -0.15) is 0 Å². The number of hydrogen-bond donors (Lipinski definition) is 0. The molecule has 0 aliphatic carbocycles. The quantitative estimate of drug-likeness (QED) is 0.721. The van der Waals surface area contributed by atoms with Gasteiger partial charge in [-0.05, 0) is 43.9 Å². The van der Waals surface area contributed by atoms with E-state index in [1.54, 1.807) is 0 Å². The summed E-state index contributed by atoms with van der Waals surface area (Å²) < 4.78 is 5.25. The Bertz CT molecular complexity index is 624. The summed E-state index contributed by atoms with van der Waals surface area (Å²) in [7, 11) is 0. The minimum atomic E-state index is -0.330. The van der Waals surface area contributed by atoms with E-state index < -0.39 is 0 Å². The summed E-state index contributed by atoms with van der Waals surface area (Å²) in [5.74, 6) is 0. The fourth-order valence-electron chi connectivity index (χ4n) is 2.57. The minimum absolute atomic E-state index is 0.330. The van der Waals surface area contributed by atoms with Crippen LogP contribution in [0.25, 0.3) is 11.0 Å². The van der Waals surface area contributed by atoms with Crippen molar-refractivity contribution < 1.29 is 4.42 Å². The van der Waals surface area contributed by atoms with Crippen molar-refractivity contribution in [3.05, 3.63) is 47.2 Å². The lowest BCUT2D eigenvalue weighted by molar-refractivity contribution is 0.558.